The Balaban J connectivity index is 2.06. The fraction of sp³-hybridized carbons (Fsp3) is 0.429. The molecule has 102 valence electrons. The molecule has 0 saturated carbocycles. The van der Waals surface area contributed by atoms with Gasteiger partial charge in [0.1, 0.15) is 6.04 Å². The molecule has 2 rings (SSSR count). The Kier molecular flexibility index (Phi) is 4.29. The van der Waals surface area contributed by atoms with E-state index >= 15 is 0 Å². The van der Waals surface area contributed by atoms with Crippen molar-refractivity contribution < 1.29 is 14.3 Å². The quantitative estimate of drug-likeness (QED) is 0.803. The number of carbonyl (C=O) groups excluding carboxylic acids is 2. The molecule has 0 radical (unpaired) electrons. The van der Waals surface area contributed by atoms with E-state index in [2.05, 4.69) is 10.6 Å². The number of anilines is 1. The van der Waals surface area contributed by atoms with Crippen molar-refractivity contribution in [1.29, 1.82) is 0 Å². The van der Waals surface area contributed by atoms with E-state index in [1.807, 2.05) is 6.92 Å². The van der Waals surface area contributed by atoms with Gasteiger partial charge < -0.3 is 15.4 Å². The first kappa shape index (κ1) is 13.7. The second kappa shape index (κ2) is 5.95. The third-order valence-electron chi connectivity index (χ3n) is 3.14. The van der Waals surface area contributed by atoms with Gasteiger partial charge in [0, 0.05) is 17.8 Å². The molecule has 1 fully saturated rings. The van der Waals surface area contributed by atoms with Crippen molar-refractivity contribution in [2.75, 3.05) is 18.5 Å². The maximum Gasteiger partial charge on any atom is 0.244 e. The highest BCUT2D eigenvalue weighted by molar-refractivity contribution is 5.98. The van der Waals surface area contributed by atoms with Crippen molar-refractivity contribution in [2.45, 2.75) is 26.0 Å². The van der Waals surface area contributed by atoms with Gasteiger partial charge in [-0.1, -0.05) is 12.1 Å². The third kappa shape index (κ3) is 3.39. The van der Waals surface area contributed by atoms with Gasteiger partial charge in [-0.3, -0.25) is 9.59 Å². The van der Waals surface area contributed by atoms with E-state index in [0.717, 1.165) is 0 Å². The van der Waals surface area contributed by atoms with E-state index in [1.54, 1.807) is 24.3 Å². The van der Waals surface area contributed by atoms with Crippen LogP contribution in [0.15, 0.2) is 24.3 Å². The lowest BCUT2D eigenvalue weighted by atomic mass is 10.1. The van der Waals surface area contributed by atoms with Gasteiger partial charge in [0.25, 0.3) is 0 Å². The van der Waals surface area contributed by atoms with Gasteiger partial charge in [-0.15, -0.1) is 0 Å². The monoisotopic (exact) mass is 262 g/mol. The van der Waals surface area contributed by atoms with E-state index < -0.39 is 0 Å². The van der Waals surface area contributed by atoms with Crippen LogP contribution in [0.4, 0.5) is 5.69 Å². The molecule has 0 spiro atoms. The minimum absolute atomic E-state index is 0.0245. The third-order valence-corrected chi connectivity index (χ3v) is 3.14. The Bertz CT molecular complexity index is 487. The number of ether oxygens (including phenoxy) is 1. The largest absolute Gasteiger partial charge is 0.375 e. The first-order valence-electron chi connectivity index (χ1n) is 6.35. The number of hydrogen-bond acceptors (Lipinski definition) is 4. The molecule has 1 saturated heterocycles. The van der Waals surface area contributed by atoms with E-state index in [9.17, 15) is 9.59 Å². The lowest BCUT2D eigenvalue weighted by Crippen LogP contribution is -2.53. The van der Waals surface area contributed by atoms with Gasteiger partial charge in [-0.05, 0) is 26.0 Å². The smallest absolute Gasteiger partial charge is 0.244 e. The molecule has 5 nitrogen and oxygen atoms in total. The number of rotatable bonds is 3. The van der Waals surface area contributed by atoms with Crippen LogP contribution in [-0.2, 0) is 9.53 Å². The van der Waals surface area contributed by atoms with Crippen LogP contribution >= 0.6 is 0 Å². The number of carbonyl (C=O) groups is 2. The molecule has 2 N–H and O–H groups in total. The number of ketones is 1. The van der Waals surface area contributed by atoms with Gasteiger partial charge in [0.2, 0.25) is 5.91 Å². The topological polar surface area (TPSA) is 67.4 Å². The maximum absolute atomic E-state index is 12.1. The van der Waals surface area contributed by atoms with E-state index in [4.69, 9.17) is 4.74 Å². The molecule has 1 aromatic carbocycles. The minimum Gasteiger partial charge on any atom is -0.375 e. The van der Waals surface area contributed by atoms with Gasteiger partial charge in [0.05, 0.1) is 12.7 Å². The Hall–Kier alpha value is -1.72. The Morgan fingerprint density at radius 3 is 2.89 bits per heavy atom. The van der Waals surface area contributed by atoms with Crippen LogP contribution < -0.4 is 10.6 Å². The van der Waals surface area contributed by atoms with E-state index in [-0.39, 0.29) is 23.8 Å². The Morgan fingerprint density at radius 2 is 2.21 bits per heavy atom. The van der Waals surface area contributed by atoms with Crippen molar-refractivity contribution >= 4 is 17.4 Å². The lowest BCUT2D eigenvalue weighted by Gasteiger charge is -2.29. The summed E-state index contributed by atoms with van der Waals surface area (Å²) in [4.78, 5) is 23.4. The molecule has 0 bridgehead atoms. The Morgan fingerprint density at radius 1 is 1.42 bits per heavy atom. The fourth-order valence-electron chi connectivity index (χ4n) is 2.06. The molecule has 5 heteroatoms. The summed E-state index contributed by atoms with van der Waals surface area (Å²) < 4.78 is 5.43. The summed E-state index contributed by atoms with van der Waals surface area (Å²) in [5.74, 6) is -0.170. The molecule has 2 atom stereocenters. The highest BCUT2D eigenvalue weighted by atomic mass is 16.5. The second-order valence-electron chi connectivity index (χ2n) is 4.63. The molecule has 19 heavy (non-hydrogen) atoms. The standard InChI is InChI=1S/C14H18N2O3/c1-9(17)11-4-3-5-12(8-11)16-14(18)13-10(2)19-7-6-15-13/h3-5,8,10,13,15H,6-7H2,1-2H3,(H,16,18)/t10-,13+/m1/s1. The fourth-order valence-corrected chi connectivity index (χ4v) is 2.06. The summed E-state index contributed by atoms with van der Waals surface area (Å²) in [6.45, 7) is 4.64. The SMILES string of the molecule is CC(=O)c1cccc(NC(=O)[C@H]2NCCO[C@@H]2C)c1. The van der Waals surface area contributed by atoms with Crippen molar-refractivity contribution in [3.05, 3.63) is 29.8 Å². The first-order chi connectivity index (χ1) is 9.08. The van der Waals surface area contributed by atoms with Crippen LogP contribution in [0.1, 0.15) is 24.2 Å². The summed E-state index contributed by atoms with van der Waals surface area (Å²) in [5.41, 5.74) is 1.20. The zero-order valence-corrected chi connectivity index (χ0v) is 11.1. The zero-order chi connectivity index (χ0) is 13.8. The average Bonchev–Trinajstić information content (AvgIpc) is 2.39. The maximum atomic E-state index is 12.1. The summed E-state index contributed by atoms with van der Waals surface area (Å²) in [6.07, 6.45) is -0.162. The number of morpholine rings is 1. The van der Waals surface area contributed by atoms with Gasteiger partial charge >= 0.3 is 0 Å². The van der Waals surface area contributed by atoms with Crippen LogP contribution in [0.2, 0.25) is 0 Å². The Labute approximate surface area is 112 Å². The van der Waals surface area contributed by atoms with Crippen molar-refractivity contribution in [3.8, 4) is 0 Å². The molecule has 0 aliphatic carbocycles. The number of amides is 1. The highest BCUT2D eigenvalue weighted by Gasteiger charge is 2.28. The van der Waals surface area contributed by atoms with Gasteiger partial charge in [-0.25, -0.2) is 0 Å². The van der Waals surface area contributed by atoms with E-state index in [1.165, 1.54) is 6.92 Å². The average molecular weight is 262 g/mol. The zero-order valence-electron chi connectivity index (χ0n) is 11.1. The summed E-state index contributed by atoms with van der Waals surface area (Å²) in [7, 11) is 0. The number of benzene rings is 1. The highest BCUT2D eigenvalue weighted by Crippen LogP contribution is 2.13. The first-order valence-corrected chi connectivity index (χ1v) is 6.35. The summed E-state index contributed by atoms with van der Waals surface area (Å²) >= 11 is 0. The lowest BCUT2D eigenvalue weighted by molar-refractivity contribution is -0.123. The number of Topliss-reactive ketones (excluding diaryl/α,β-unsaturated/α-hetero) is 1. The second-order valence-corrected chi connectivity index (χ2v) is 4.63. The number of nitrogens with one attached hydrogen (secondary N) is 2. The summed E-state index contributed by atoms with van der Waals surface area (Å²) in [6, 6.07) is 6.55. The molecule has 1 aliphatic heterocycles. The van der Waals surface area contributed by atoms with Crippen molar-refractivity contribution in [3.63, 3.8) is 0 Å². The molecule has 0 unspecified atom stereocenters. The normalized spacial score (nSPS) is 22.8. The molecule has 0 aromatic heterocycles. The molecular weight excluding hydrogens is 244 g/mol. The van der Waals surface area contributed by atoms with Crippen LogP contribution in [0.5, 0.6) is 0 Å². The molecule has 1 heterocycles. The predicted molar refractivity (Wildman–Crippen MR) is 72.3 cm³/mol. The van der Waals surface area contributed by atoms with E-state index in [0.29, 0.717) is 24.4 Å². The van der Waals surface area contributed by atoms with Crippen molar-refractivity contribution in [1.82, 2.24) is 5.32 Å². The van der Waals surface area contributed by atoms with Gasteiger partial charge in [0.15, 0.2) is 5.78 Å². The minimum atomic E-state index is -0.366. The number of hydrogen-bond donors (Lipinski definition) is 2. The van der Waals surface area contributed by atoms with Crippen LogP contribution in [0.3, 0.4) is 0 Å². The summed E-state index contributed by atoms with van der Waals surface area (Å²) in [5, 5.41) is 5.93. The predicted octanol–water partition coefficient (Wildman–Crippen LogP) is 1.20. The molecule has 1 aliphatic rings. The van der Waals surface area contributed by atoms with Crippen molar-refractivity contribution in [2.24, 2.45) is 0 Å². The molecule has 1 amide bonds. The van der Waals surface area contributed by atoms with Gasteiger partial charge in [-0.2, -0.15) is 0 Å². The van der Waals surface area contributed by atoms with Crippen LogP contribution in [0, 0.1) is 0 Å². The van der Waals surface area contributed by atoms with Crippen LogP contribution in [0.25, 0.3) is 0 Å². The van der Waals surface area contributed by atoms with Crippen LogP contribution in [-0.4, -0.2) is 37.0 Å². The molecular formula is C14H18N2O3. The molecule has 1 aromatic rings.